The van der Waals surface area contributed by atoms with Gasteiger partial charge in [-0.2, -0.15) is 0 Å². The smallest absolute Gasteiger partial charge is 0.262 e. The molecule has 138 valence electrons. The summed E-state index contributed by atoms with van der Waals surface area (Å²) in [6, 6.07) is 6.59. The number of benzene rings is 1. The largest absolute Gasteiger partial charge is 0.353 e. The predicted molar refractivity (Wildman–Crippen MR) is 94.9 cm³/mol. The van der Waals surface area contributed by atoms with Crippen LogP contribution in [-0.4, -0.2) is 65.0 Å². The molecule has 1 aromatic rings. The van der Waals surface area contributed by atoms with E-state index in [9.17, 15) is 19.2 Å². The lowest BCUT2D eigenvalue weighted by Gasteiger charge is -2.33. The average Bonchev–Trinajstić information content (AvgIpc) is 2.88. The number of piperidine rings is 1. The van der Waals surface area contributed by atoms with Crippen LogP contribution < -0.4 is 5.32 Å². The van der Waals surface area contributed by atoms with Crippen molar-refractivity contribution in [3.63, 3.8) is 0 Å². The minimum absolute atomic E-state index is 0.0223. The zero-order chi connectivity index (χ0) is 18.7. The molecule has 7 nitrogen and oxygen atoms in total. The monoisotopic (exact) mass is 377 g/mol. The Kier molecular flexibility index (Phi) is 5.56. The van der Waals surface area contributed by atoms with E-state index in [0.717, 1.165) is 4.90 Å². The third-order valence-electron chi connectivity index (χ3n) is 4.71. The van der Waals surface area contributed by atoms with Gasteiger partial charge in [-0.3, -0.25) is 24.1 Å². The molecular formula is C18H20ClN3O4. The summed E-state index contributed by atoms with van der Waals surface area (Å²) in [4.78, 5) is 51.4. The molecule has 0 bridgehead atoms. The zero-order valence-electron chi connectivity index (χ0n) is 14.2. The topological polar surface area (TPSA) is 86.8 Å². The Morgan fingerprint density at radius 3 is 2.19 bits per heavy atom. The molecule has 0 saturated carbocycles. The van der Waals surface area contributed by atoms with Crippen LogP contribution in [0, 0.1) is 0 Å². The van der Waals surface area contributed by atoms with Crippen LogP contribution in [0.4, 0.5) is 0 Å². The SMILES string of the molecule is O=C(CCCl)NC1CCN(C(=O)CN2C(=O)c3ccccc3C2=O)CC1. The Hall–Kier alpha value is -2.41. The number of amides is 4. The first-order valence-corrected chi connectivity index (χ1v) is 9.13. The van der Waals surface area contributed by atoms with Crippen LogP contribution in [0.3, 0.4) is 0 Å². The van der Waals surface area contributed by atoms with Crippen LogP contribution in [0.5, 0.6) is 0 Å². The van der Waals surface area contributed by atoms with Crippen molar-refractivity contribution in [2.45, 2.75) is 25.3 Å². The second kappa shape index (κ2) is 7.86. The molecule has 0 aromatic heterocycles. The minimum atomic E-state index is -0.429. The molecule has 3 rings (SSSR count). The summed E-state index contributed by atoms with van der Waals surface area (Å²) >= 11 is 5.54. The quantitative estimate of drug-likeness (QED) is 0.613. The van der Waals surface area contributed by atoms with E-state index in [1.54, 1.807) is 29.2 Å². The van der Waals surface area contributed by atoms with Crippen molar-refractivity contribution in [1.29, 1.82) is 0 Å². The highest BCUT2D eigenvalue weighted by Crippen LogP contribution is 2.22. The maximum absolute atomic E-state index is 12.5. The van der Waals surface area contributed by atoms with Crippen molar-refractivity contribution in [3.8, 4) is 0 Å². The number of nitrogens with one attached hydrogen (secondary N) is 1. The number of hydrogen-bond donors (Lipinski definition) is 1. The highest BCUT2D eigenvalue weighted by atomic mass is 35.5. The number of halogens is 1. The summed E-state index contributed by atoms with van der Waals surface area (Å²) < 4.78 is 0. The fraction of sp³-hybridized carbons (Fsp3) is 0.444. The van der Waals surface area contributed by atoms with Crippen molar-refractivity contribution < 1.29 is 19.2 Å². The van der Waals surface area contributed by atoms with Gasteiger partial charge in [-0.1, -0.05) is 12.1 Å². The van der Waals surface area contributed by atoms with E-state index in [-0.39, 0.29) is 36.7 Å². The molecule has 0 radical (unpaired) electrons. The van der Waals surface area contributed by atoms with Gasteiger partial charge in [-0.25, -0.2) is 0 Å². The number of hydrogen-bond acceptors (Lipinski definition) is 4. The van der Waals surface area contributed by atoms with E-state index >= 15 is 0 Å². The number of fused-ring (bicyclic) bond motifs is 1. The first kappa shape index (κ1) is 18.4. The molecule has 0 spiro atoms. The highest BCUT2D eigenvalue weighted by Gasteiger charge is 2.37. The van der Waals surface area contributed by atoms with Crippen LogP contribution in [0.2, 0.25) is 0 Å². The first-order valence-electron chi connectivity index (χ1n) is 8.59. The molecule has 2 aliphatic heterocycles. The number of alkyl halides is 1. The zero-order valence-corrected chi connectivity index (χ0v) is 15.0. The van der Waals surface area contributed by atoms with Gasteiger partial charge in [-0.05, 0) is 25.0 Å². The van der Waals surface area contributed by atoms with E-state index in [2.05, 4.69) is 5.32 Å². The number of imide groups is 1. The second-order valence-corrected chi connectivity index (χ2v) is 6.78. The third kappa shape index (κ3) is 3.72. The van der Waals surface area contributed by atoms with Crippen molar-refractivity contribution in [1.82, 2.24) is 15.1 Å². The predicted octanol–water partition coefficient (Wildman–Crippen LogP) is 1.02. The Balaban J connectivity index is 1.53. The minimum Gasteiger partial charge on any atom is -0.353 e. The lowest BCUT2D eigenvalue weighted by Crippen LogP contribution is -2.49. The summed E-state index contributed by atoms with van der Waals surface area (Å²) in [6.07, 6.45) is 1.56. The lowest BCUT2D eigenvalue weighted by molar-refractivity contribution is -0.132. The standard InChI is InChI=1S/C18H20ClN3O4/c19-8-5-15(23)20-12-6-9-21(10-7-12)16(24)11-22-17(25)13-3-1-2-4-14(13)18(22)26/h1-4,12H,5-11H2,(H,20,23). The van der Waals surface area contributed by atoms with Crippen molar-refractivity contribution in [3.05, 3.63) is 35.4 Å². The number of rotatable bonds is 5. The lowest BCUT2D eigenvalue weighted by atomic mass is 10.0. The van der Waals surface area contributed by atoms with E-state index in [1.807, 2.05) is 0 Å². The molecule has 2 heterocycles. The van der Waals surface area contributed by atoms with Crippen molar-refractivity contribution in [2.24, 2.45) is 0 Å². The van der Waals surface area contributed by atoms with E-state index in [4.69, 9.17) is 11.6 Å². The van der Waals surface area contributed by atoms with E-state index in [1.165, 1.54) is 0 Å². The molecular weight excluding hydrogens is 358 g/mol. The molecule has 0 unspecified atom stereocenters. The summed E-state index contributed by atoms with van der Waals surface area (Å²) in [6.45, 7) is 0.706. The van der Waals surface area contributed by atoms with Crippen molar-refractivity contribution in [2.75, 3.05) is 25.5 Å². The van der Waals surface area contributed by atoms with Crippen LogP contribution in [0.15, 0.2) is 24.3 Å². The molecule has 2 aliphatic rings. The van der Waals surface area contributed by atoms with Crippen LogP contribution in [0.1, 0.15) is 40.0 Å². The number of nitrogens with zero attached hydrogens (tertiary/aromatic N) is 2. The van der Waals surface area contributed by atoms with Crippen LogP contribution in [0.25, 0.3) is 0 Å². The van der Waals surface area contributed by atoms with Gasteiger partial charge in [0.05, 0.1) is 11.1 Å². The molecule has 0 atom stereocenters. The van der Waals surface area contributed by atoms with Crippen LogP contribution >= 0.6 is 11.6 Å². The molecule has 1 N–H and O–H groups in total. The van der Waals surface area contributed by atoms with Gasteiger partial charge < -0.3 is 10.2 Å². The molecule has 8 heteroatoms. The van der Waals surface area contributed by atoms with E-state index < -0.39 is 11.8 Å². The Morgan fingerprint density at radius 2 is 1.65 bits per heavy atom. The molecule has 0 aliphatic carbocycles. The van der Waals surface area contributed by atoms with Gasteiger partial charge in [-0.15, -0.1) is 11.6 Å². The Bertz CT molecular complexity index is 709. The summed E-state index contributed by atoms with van der Waals surface area (Å²) in [5.41, 5.74) is 0.678. The van der Waals surface area contributed by atoms with Crippen molar-refractivity contribution >= 4 is 35.2 Å². The average molecular weight is 378 g/mol. The third-order valence-corrected chi connectivity index (χ3v) is 4.89. The van der Waals surface area contributed by atoms with Gasteiger partial charge in [0.25, 0.3) is 11.8 Å². The molecule has 4 amide bonds. The van der Waals surface area contributed by atoms with Gasteiger partial charge in [0.1, 0.15) is 6.54 Å². The Morgan fingerprint density at radius 1 is 1.08 bits per heavy atom. The maximum Gasteiger partial charge on any atom is 0.262 e. The van der Waals surface area contributed by atoms with Crippen LogP contribution in [-0.2, 0) is 9.59 Å². The molecule has 26 heavy (non-hydrogen) atoms. The molecule has 1 aromatic carbocycles. The second-order valence-electron chi connectivity index (χ2n) is 6.40. The van der Waals surface area contributed by atoms with Gasteiger partial charge in [0.15, 0.2) is 0 Å². The normalized spacial score (nSPS) is 17.4. The summed E-state index contributed by atoms with van der Waals surface area (Å²) in [7, 11) is 0. The number of carbonyl (C=O) groups excluding carboxylic acids is 4. The van der Waals surface area contributed by atoms with E-state index in [0.29, 0.717) is 37.1 Å². The van der Waals surface area contributed by atoms with Gasteiger partial charge >= 0.3 is 0 Å². The molecule has 1 fully saturated rings. The summed E-state index contributed by atoms with van der Waals surface area (Å²) in [5.74, 6) is -0.922. The summed E-state index contributed by atoms with van der Waals surface area (Å²) in [5, 5.41) is 2.90. The van der Waals surface area contributed by atoms with Gasteiger partial charge in [0, 0.05) is 31.4 Å². The highest BCUT2D eigenvalue weighted by molar-refractivity contribution is 6.22. The fourth-order valence-electron chi connectivity index (χ4n) is 3.28. The van der Waals surface area contributed by atoms with Gasteiger partial charge in [0.2, 0.25) is 11.8 Å². The number of likely N-dealkylation sites (tertiary alicyclic amines) is 1. The first-order chi connectivity index (χ1) is 12.5. The molecule has 1 saturated heterocycles. The fourth-order valence-corrected chi connectivity index (χ4v) is 3.45. The Labute approximate surface area is 156 Å². The maximum atomic E-state index is 12.5. The number of carbonyl (C=O) groups is 4.